The molecule has 1 saturated heterocycles. The van der Waals surface area contributed by atoms with Crippen LogP contribution < -0.4 is 5.01 Å². The maximum absolute atomic E-state index is 13.6. The molecule has 2 aromatic carbocycles. The van der Waals surface area contributed by atoms with Crippen LogP contribution in [0.3, 0.4) is 0 Å². The Labute approximate surface area is 181 Å². The molecule has 0 radical (unpaired) electrons. The van der Waals surface area contributed by atoms with E-state index >= 15 is 0 Å². The van der Waals surface area contributed by atoms with Gasteiger partial charge in [-0.3, -0.25) is 9.69 Å². The molecule has 2 heterocycles. The lowest BCUT2D eigenvalue weighted by Gasteiger charge is -2.30. The average molecular weight is 449 g/mol. The summed E-state index contributed by atoms with van der Waals surface area (Å²) in [6.07, 6.45) is -4.41. The van der Waals surface area contributed by atoms with Crippen LogP contribution in [0.4, 0.5) is 23.2 Å². The second-order valence-corrected chi connectivity index (χ2v) is 7.63. The number of halogens is 4. The number of piperidine rings is 1. The van der Waals surface area contributed by atoms with Gasteiger partial charge in [-0.1, -0.05) is 12.1 Å². The van der Waals surface area contributed by atoms with Crippen LogP contribution in [0, 0.1) is 11.7 Å². The molecule has 2 aliphatic heterocycles. The van der Waals surface area contributed by atoms with Crippen molar-refractivity contribution < 1.29 is 31.9 Å². The maximum atomic E-state index is 13.6. The number of benzene rings is 2. The number of likely N-dealkylation sites (tertiary alicyclic amines) is 1. The van der Waals surface area contributed by atoms with E-state index in [0.717, 1.165) is 16.6 Å². The number of amides is 1. The van der Waals surface area contributed by atoms with Gasteiger partial charge in [-0.05, 0) is 35.9 Å². The number of hydrazone groups is 1. The molecule has 0 aromatic heterocycles. The molecule has 1 amide bonds. The van der Waals surface area contributed by atoms with Gasteiger partial charge in [-0.2, -0.15) is 18.3 Å². The van der Waals surface area contributed by atoms with E-state index < -0.39 is 35.4 Å². The third kappa shape index (κ3) is 4.22. The second kappa shape index (κ2) is 8.34. The van der Waals surface area contributed by atoms with Crippen molar-refractivity contribution in [1.82, 2.24) is 4.90 Å². The molecule has 2 aromatic rings. The number of fused-ring (bicyclic) bond motifs is 1. The number of nitrogens with zero attached hydrogens (tertiary/aromatic N) is 3. The molecule has 32 heavy (non-hydrogen) atoms. The van der Waals surface area contributed by atoms with E-state index in [4.69, 9.17) is 4.74 Å². The topological polar surface area (TPSA) is 62.2 Å². The quantitative estimate of drug-likeness (QED) is 0.526. The van der Waals surface area contributed by atoms with Gasteiger partial charge in [-0.15, -0.1) is 0 Å². The Bertz CT molecular complexity index is 1100. The van der Waals surface area contributed by atoms with Gasteiger partial charge in [0.15, 0.2) is 0 Å². The van der Waals surface area contributed by atoms with Gasteiger partial charge in [0, 0.05) is 26.1 Å². The summed E-state index contributed by atoms with van der Waals surface area (Å²) in [6.45, 7) is 1.41. The Morgan fingerprint density at radius 1 is 1.22 bits per heavy atom. The molecule has 4 rings (SSSR count). The number of carbonyl (C=O) groups excluding carboxylic acids is 2. The predicted octanol–water partition coefficient (Wildman–Crippen LogP) is 3.86. The van der Waals surface area contributed by atoms with Gasteiger partial charge in [0.25, 0.3) is 5.91 Å². The van der Waals surface area contributed by atoms with Gasteiger partial charge in [0.1, 0.15) is 5.82 Å². The van der Waals surface area contributed by atoms with E-state index in [-0.39, 0.29) is 5.69 Å². The molecule has 1 fully saturated rings. The minimum absolute atomic E-state index is 0.122. The Balaban J connectivity index is 1.49. The molecule has 0 N–H and O–H groups in total. The van der Waals surface area contributed by atoms with Crippen LogP contribution in [0.1, 0.15) is 27.9 Å². The van der Waals surface area contributed by atoms with Crippen molar-refractivity contribution in [2.24, 2.45) is 11.0 Å². The highest BCUT2D eigenvalue weighted by Gasteiger charge is 2.41. The molecule has 0 saturated carbocycles. The van der Waals surface area contributed by atoms with Crippen LogP contribution in [-0.2, 0) is 22.3 Å². The van der Waals surface area contributed by atoms with Crippen molar-refractivity contribution in [2.75, 3.05) is 25.2 Å². The first-order chi connectivity index (χ1) is 15.2. The van der Waals surface area contributed by atoms with E-state index in [9.17, 15) is 27.2 Å². The smallest absolute Gasteiger partial charge is 0.419 e. The fourth-order valence-electron chi connectivity index (χ4n) is 3.93. The lowest BCUT2D eigenvalue weighted by atomic mass is 9.95. The SMILES string of the molecule is COC(=O)c1cccc(CN2CCC3=NN(c4ccc(F)c(C(F)(F)F)c4)C(=O)[C@@H]3C2)c1. The van der Waals surface area contributed by atoms with Crippen molar-refractivity contribution in [3.63, 3.8) is 0 Å². The number of hydrogen-bond donors (Lipinski definition) is 0. The maximum Gasteiger partial charge on any atom is 0.419 e. The number of anilines is 1. The highest BCUT2D eigenvalue weighted by atomic mass is 19.4. The number of rotatable bonds is 4. The number of carbonyl (C=O) groups is 2. The molecule has 0 aliphatic carbocycles. The van der Waals surface area contributed by atoms with Gasteiger partial charge in [0.2, 0.25) is 0 Å². The summed E-state index contributed by atoms with van der Waals surface area (Å²) in [6, 6.07) is 9.37. The molecule has 2 aliphatic rings. The second-order valence-electron chi connectivity index (χ2n) is 7.63. The largest absolute Gasteiger partial charge is 0.465 e. The number of ether oxygens (including phenoxy) is 1. The average Bonchev–Trinajstić information content (AvgIpc) is 3.09. The highest BCUT2D eigenvalue weighted by Crippen LogP contribution is 2.36. The van der Waals surface area contributed by atoms with E-state index in [1.165, 1.54) is 7.11 Å². The number of methoxy groups -OCH3 is 1. The predicted molar refractivity (Wildman–Crippen MR) is 107 cm³/mol. The molecule has 0 bridgehead atoms. The first kappa shape index (κ1) is 21.9. The summed E-state index contributed by atoms with van der Waals surface area (Å²) in [4.78, 5) is 26.7. The van der Waals surface area contributed by atoms with E-state index in [1.807, 2.05) is 11.0 Å². The fraction of sp³-hybridized carbons (Fsp3) is 0.318. The first-order valence-electron chi connectivity index (χ1n) is 9.85. The third-order valence-corrected chi connectivity index (χ3v) is 5.52. The van der Waals surface area contributed by atoms with Crippen LogP contribution in [0.25, 0.3) is 0 Å². The summed E-state index contributed by atoms with van der Waals surface area (Å²) in [7, 11) is 1.30. The monoisotopic (exact) mass is 449 g/mol. The van der Waals surface area contributed by atoms with Crippen LogP contribution in [0.15, 0.2) is 47.6 Å². The van der Waals surface area contributed by atoms with Crippen molar-refractivity contribution in [3.05, 3.63) is 65.0 Å². The van der Waals surface area contributed by atoms with Gasteiger partial charge in [-0.25, -0.2) is 14.2 Å². The Hall–Kier alpha value is -3.27. The van der Waals surface area contributed by atoms with Crippen molar-refractivity contribution >= 4 is 23.3 Å². The molecule has 10 heteroatoms. The van der Waals surface area contributed by atoms with E-state index in [0.29, 0.717) is 49.5 Å². The summed E-state index contributed by atoms with van der Waals surface area (Å²) in [5, 5.41) is 5.15. The molecule has 168 valence electrons. The van der Waals surface area contributed by atoms with Gasteiger partial charge >= 0.3 is 12.1 Å². The zero-order valence-electron chi connectivity index (χ0n) is 17.0. The van der Waals surface area contributed by atoms with Gasteiger partial charge in [0.05, 0.1) is 35.6 Å². The summed E-state index contributed by atoms with van der Waals surface area (Å²) in [5.74, 6) is -2.89. The minimum atomic E-state index is -4.88. The van der Waals surface area contributed by atoms with Crippen LogP contribution in [0.2, 0.25) is 0 Å². The van der Waals surface area contributed by atoms with Crippen LogP contribution in [-0.4, -0.2) is 42.7 Å². The van der Waals surface area contributed by atoms with E-state index in [1.54, 1.807) is 18.2 Å². The normalized spacial score (nSPS) is 19.0. The zero-order chi connectivity index (χ0) is 23.0. The Kier molecular flexibility index (Phi) is 5.72. The van der Waals surface area contributed by atoms with Crippen molar-refractivity contribution in [2.45, 2.75) is 19.1 Å². The third-order valence-electron chi connectivity index (χ3n) is 5.52. The molecular weight excluding hydrogens is 430 g/mol. The van der Waals surface area contributed by atoms with Crippen molar-refractivity contribution in [1.29, 1.82) is 0 Å². The Morgan fingerprint density at radius 3 is 2.72 bits per heavy atom. The molecule has 0 unspecified atom stereocenters. The molecule has 6 nitrogen and oxygen atoms in total. The zero-order valence-corrected chi connectivity index (χ0v) is 17.0. The van der Waals surface area contributed by atoms with Crippen LogP contribution >= 0.6 is 0 Å². The van der Waals surface area contributed by atoms with Crippen molar-refractivity contribution in [3.8, 4) is 0 Å². The summed E-state index contributed by atoms with van der Waals surface area (Å²) in [5.41, 5.74) is 0.313. The minimum Gasteiger partial charge on any atom is -0.465 e. The number of esters is 1. The van der Waals surface area contributed by atoms with E-state index in [2.05, 4.69) is 5.10 Å². The van der Waals surface area contributed by atoms with Crippen LogP contribution in [0.5, 0.6) is 0 Å². The Morgan fingerprint density at radius 2 is 2.00 bits per heavy atom. The number of hydrogen-bond acceptors (Lipinski definition) is 5. The lowest BCUT2D eigenvalue weighted by molar-refractivity contribution is -0.140. The number of alkyl halides is 3. The summed E-state index contributed by atoms with van der Waals surface area (Å²) < 4.78 is 57.5. The summed E-state index contributed by atoms with van der Waals surface area (Å²) >= 11 is 0. The lowest BCUT2D eigenvalue weighted by Crippen LogP contribution is -2.43. The molecular formula is C22H19F4N3O3. The first-order valence-corrected chi connectivity index (χ1v) is 9.85. The molecule has 0 spiro atoms. The standard InChI is InChI=1S/C22H19F4N3O3/c1-32-21(31)14-4-2-3-13(9-14)11-28-8-7-19-16(12-28)20(30)29(27-19)15-5-6-18(23)17(10-15)22(24,25)26/h2-6,9-10,16H,7-8,11-12H2,1H3/t16-/m1/s1. The molecule has 1 atom stereocenters. The fourth-order valence-corrected chi connectivity index (χ4v) is 3.93. The highest BCUT2D eigenvalue weighted by molar-refractivity contribution is 6.16. The van der Waals surface area contributed by atoms with Gasteiger partial charge < -0.3 is 4.74 Å².